The first-order chi connectivity index (χ1) is 10.9. The third kappa shape index (κ3) is 4.69. The van der Waals surface area contributed by atoms with Crippen LogP contribution in [-0.4, -0.2) is 35.9 Å². The van der Waals surface area contributed by atoms with E-state index in [1.165, 1.54) is 4.90 Å². The number of nitrogens with zero attached hydrogens (tertiary/aromatic N) is 1. The number of amides is 3. The van der Waals surface area contributed by atoms with Gasteiger partial charge in [0.05, 0.1) is 0 Å². The number of carbonyl (C=O) groups excluding carboxylic acids is 3. The largest absolute Gasteiger partial charge is 0.456 e. The van der Waals surface area contributed by atoms with Crippen molar-refractivity contribution in [2.75, 3.05) is 13.1 Å². The maximum Gasteiger partial charge on any atom is 0.326 e. The SMILES string of the molecule is CC(C)[C@H](OC(=O)CN1CCC(=O)NC1=O)c1ccc(Cl)cc1. The van der Waals surface area contributed by atoms with Gasteiger partial charge in [-0.3, -0.25) is 14.9 Å². The number of ether oxygens (including phenoxy) is 1. The molecular formula is C16H19ClN2O4. The van der Waals surface area contributed by atoms with Crippen LogP contribution in [-0.2, 0) is 14.3 Å². The highest BCUT2D eigenvalue weighted by molar-refractivity contribution is 6.30. The molecule has 1 aliphatic rings. The number of halogens is 1. The van der Waals surface area contributed by atoms with Crippen LogP contribution < -0.4 is 5.32 Å². The summed E-state index contributed by atoms with van der Waals surface area (Å²) in [5.41, 5.74) is 0.844. The number of imide groups is 1. The summed E-state index contributed by atoms with van der Waals surface area (Å²) in [6.45, 7) is 3.92. The van der Waals surface area contributed by atoms with E-state index in [-0.39, 0.29) is 31.3 Å². The molecule has 1 N–H and O–H groups in total. The molecule has 2 rings (SSSR count). The van der Waals surface area contributed by atoms with Crippen molar-refractivity contribution in [2.45, 2.75) is 26.4 Å². The molecule has 7 heteroatoms. The average Bonchev–Trinajstić information content (AvgIpc) is 2.48. The molecular weight excluding hydrogens is 320 g/mol. The van der Waals surface area contributed by atoms with E-state index in [0.717, 1.165) is 5.56 Å². The highest BCUT2D eigenvalue weighted by atomic mass is 35.5. The molecule has 1 heterocycles. The molecule has 0 saturated carbocycles. The lowest BCUT2D eigenvalue weighted by molar-refractivity contribution is -0.153. The number of carbonyl (C=O) groups is 3. The predicted molar refractivity (Wildman–Crippen MR) is 84.9 cm³/mol. The lowest BCUT2D eigenvalue weighted by Gasteiger charge is -2.27. The van der Waals surface area contributed by atoms with E-state index in [1.807, 2.05) is 26.0 Å². The van der Waals surface area contributed by atoms with Crippen LogP contribution in [0, 0.1) is 5.92 Å². The fourth-order valence-corrected chi connectivity index (χ4v) is 2.45. The number of hydrogen-bond acceptors (Lipinski definition) is 4. The van der Waals surface area contributed by atoms with Crippen molar-refractivity contribution in [1.29, 1.82) is 0 Å². The standard InChI is InChI=1S/C16H19ClN2O4/c1-10(2)15(11-3-5-12(17)6-4-11)23-14(21)9-19-8-7-13(20)18-16(19)22/h3-6,10,15H,7-9H2,1-2H3,(H,18,20,22)/t15-/m0/s1. The molecule has 23 heavy (non-hydrogen) atoms. The second kappa shape index (κ2) is 7.46. The molecule has 1 atom stereocenters. The Morgan fingerprint density at radius 1 is 1.30 bits per heavy atom. The molecule has 3 amide bonds. The van der Waals surface area contributed by atoms with Gasteiger partial charge in [0.15, 0.2) is 0 Å². The lowest BCUT2D eigenvalue weighted by Crippen LogP contribution is -2.51. The van der Waals surface area contributed by atoms with Crippen LogP contribution in [0.25, 0.3) is 0 Å². The number of benzene rings is 1. The maximum absolute atomic E-state index is 12.1. The summed E-state index contributed by atoms with van der Waals surface area (Å²) in [7, 11) is 0. The monoisotopic (exact) mass is 338 g/mol. The summed E-state index contributed by atoms with van der Waals surface area (Å²) in [4.78, 5) is 36.1. The van der Waals surface area contributed by atoms with E-state index < -0.39 is 18.1 Å². The van der Waals surface area contributed by atoms with Gasteiger partial charge in [-0.2, -0.15) is 0 Å². The van der Waals surface area contributed by atoms with Crippen LogP contribution in [0.2, 0.25) is 5.02 Å². The molecule has 0 unspecified atom stereocenters. The Morgan fingerprint density at radius 2 is 1.96 bits per heavy atom. The third-order valence-corrected chi connectivity index (χ3v) is 3.78. The summed E-state index contributed by atoms with van der Waals surface area (Å²) >= 11 is 5.87. The molecule has 0 aromatic heterocycles. The van der Waals surface area contributed by atoms with Gasteiger partial charge < -0.3 is 9.64 Å². The second-order valence-electron chi connectivity index (χ2n) is 5.73. The van der Waals surface area contributed by atoms with E-state index in [2.05, 4.69) is 5.32 Å². The van der Waals surface area contributed by atoms with Gasteiger partial charge in [-0.25, -0.2) is 4.79 Å². The zero-order valence-electron chi connectivity index (χ0n) is 13.0. The molecule has 1 aliphatic heterocycles. The Bertz CT molecular complexity index is 601. The number of nitrogens with one attached hydrogen (secondary N) is 1. The van der Waals surface area contributed by atoms with Crippen molar-refractivity contribution in [2.24, 2.45) is 5.92 Å². The van der Waals surface area contributed by atoms with Gasteiger partial charge in [0, 0.05) is 18.0 Å². The van der Waals surface area contributed by atoms with Crippen molar-refractivity contribution in [3.63, 3.8) is 0 Å². The first kappa shape index (κ1) is 17.3. The summed E-state index contributed by atoms with van der Waals surface area (Å²) < 4.78 is 5.53. The first-order valence-corrected chi connectivity index (χ1v) is 7.78. The highest BCUT2D eigenvalue weighted by Gasteiger charge is 2.27. The zero-order valence-corrected chi connectivity index (χ0v) is 13.8. The normalized spacial score (nSPS) is 16.3. The van der Waals surface area contributed by atoms with Gasteiger partial charge in [0.25, 0.3) is 0 Å². The Labute approximate surface area is 139 Å². The van der Waals surface area contributed by atoms with Crippen LogP contribution in [0.3, 0.4) is 0 Å². The van der Waals surface area contributed by atoms with E-state index >= 15 is 0 Å². The fraction of sp³-hybridized carbons (Fsp3) is 0.438. The van der Waals surface area contributed by atoms with E-state index in [9.17, 15) is 14.4 Å². The van der Waals surface area contributed by atoms with Crippen molar-refractivity contribution in [3.8, 4) is 0 Å². The zero-order chi connectivity index (χ0) is 17.0. The molecule has 6 nitrogen and oxygen atoms in total. The van der Waals surface area contributed by atoms with Gasteiger partial charge in [-0.05, 0) is 23.6 Å². The summed E-state index contributed by atoms with van der Waals surface area (Å²) in [5.74, 6) is -0.777. The van der Waals surface area contributed by atoms with E-state index in [1.54, 1.807) is 12.1 Å². The Balaban J connectivity index is 1.99. The summed E-state index contributed by atoms with van der Waals surface area (Å²) in [6.07, 6.45) is -0.238. The van der Waals surface area contributed by atoms with Crippen LogP contribution in [0.4, 0.5) is 4.79 Å². The molecule has 0 spiro atoms. The van der Waals surface area contributed by atoms with Crippen LogP contribution in [0.5, 0.6) is 0 Å². The average molecular weight is 339 g/mol. The molecule has 124 valence electrons. The van der Waals surface area contributed by atoms with Crippen LogP contribution >= 0.6 is 11.6 Å². The molecule has 0 radical (unpaired) electrons. The Morgan fingerprint density at radius 3 is 2.52 bits per heavy atom. The number of urea groups is 1. The van der Waals surface area contributed by atoms with Gasteiger partial charge in [-0.15, -0.1) is 0 Å². The molecule has 0 bridgehead atoms. The highest BCUT2D eigenvalue weighted by Crippen LogP contribution is 2.27. The van der Waals surface area contributed by atoms with Crippen molar-refractivity contribution >= 4 is 29.5 Å². The minimum Gasteiger partial charge on any atom is -0.456 e. The smallest absolute Gasteiger partial charge is 0.326 e. The molecule has 1 saturated heterocycles. The first-order valence-electron chi connectivity index (χ1n) is 7.40. The number of hydrogen-bond donors (Lipinski definition) is 1. The van der Waals surface area contributed by atoms with E-state index in [0.29, 0.717) is 5.02 Å². The minimum absolute atomic E-state index is 0.0666. The van der Waals surface area contributed by atoms with Crippen molar-refractivity contribution < 1.29 is 19.1 Å². The van der Waals surface area contributed by atoms with Gasteiger partial charge in [0.2, 0.25) is 5.91 Å². The molecule has 1 fully saturated rings. The number of rotatable bonds is 5. The predicted octanol–water partition coefficient (Wildman–Crippen LogP) is 2.52. The van der Waals surface area contributed by atoms with Gasteiger partial charge in [0.1, 0.15) is 12.6 Å². The lowest BCUT2D eigenvalue weighted by atomic mass is 9.99. The number of esters is 1. The fourth-order valence-electron chi connectivity index (χ4n) is 2.33. The van der Waals surface area contributed by atoms with Crippen LogP contribution in [0.15, 0.2) is 24.3 Å². The molecule has 1 aromatic rings. The third-order valence-electron chi connectivity index (χ3n) is 3.52. The quantitative estimate of drug-likeness (QED) is 0.837. The summed E-state index contributed by atoms with van der Waals surface area (Å²) in [5, 5.41) is 2.78. The summed E-state index contributed by atoms with van der Waals surface area (Å²) in [6, 6.07) is 6.54. The Hall–Kier alpha value is -2.08. The maximum atomic E-state index is 12.1. The Kier molecular flexibility index (Phi) is 5.60. The van der Waals surface area contributed by atoms with Crippen molar-refractivity contribution in [1.82, 2.24) is 10.2 Å². The van der Waals surface area contributed by atoms with Gasteiger partial charge >= 0.3 is 12.0 Å². The van der Waals surface area contributed by atoms with Crippen molar-refractivity contribution in [3.05, 3.63) is 34.9 Å². The molecule has 0 aliphatic carbocycles. The minimum atomic E-state index is -0.564. The topological polar surface area (TPSA) is 75.7 Å². The molecule has 1 aromatic carbocycles. The van der Waals surface area contributed by atoms with Crippen LogP contribution in [0.1, 0.15) is 31.9 Å². The van der Waals surface area contributed by atoms with E-state index in [4.69, 9.17) is 16.3 Å². The second-order valence-corrected chi connectivity index (χ2v) is 6.17. The van der Waals surface area contributed by atoms with Gasteiger partial charge in [-0.1, -0.05) is 37.6 Å².